The van der Waals surface area contributed by atoms with Crippen molar-refractivity contribution in [3.8, 4) is 5.75 Å². The van der Waals surface area contributed by atoms with Crippen molar-refractivity contribution in [1.82, 2.24) is 15.8 Å². The molecule has 0 aliphatic rings. The Morgan fingerprint density at radius 3 is 2.55 bits per heavy atom. The van der Waals surface area contributed by atoms with Gasteiger partial charge in [-0.15, -0.1) is 0 Å². The Morgan fingerprint density at radius 1 is 1.14 bits per heavy atom. The summed E-state index contributed by atoms with van der Waals surface area (Å²) in [5.74, 6) is -1.79. The van der Waals surface area contributed by atoms with Gasteiger partial charge in [-0.05, 0) is 31.2 Å². The van der Waals surface area contributed by atoms with Gasteiger partial charge in [-0.2, -0.15) is 0 Å². The summed E-state index contributed by atoms with van der Waals surface area (Å²) in [7, 11) is 0. The molecule has 0 unspecified atom stereocenters. The van der Waals surface area contributed by atoms with Gasteiger partial charge in [0, 0.05) is 6.20 Å². The van der Waals surface area contributed by atoms with Gasteiger partial charge in [0.25, 0.3) is 11.8 Å². The monoisotopic (exact) mass is 303 g/mol. The van der Waals surface area contributed by atoms with E-state index in [1.54, 1.807) is 18.2 Å². The number of carbonyl (C=O) groups excluding carboxylic acids is 2. The van der Waals surface area contributed by atoms with Crippen molar-refractivity contribution in [3.05, 3.63) is 60.2 Å². The number of hydrogen-bond acceptors (Lipinski definition) is 4. The van der Waals surface area contributed by atoms with Crippen LogP contribution in [0.4, 0.5) is 4.39 Å². The molecule has 0 saturated heterocycles. The summed E-state index contributed by atoms with van der Waals surface area (Å²) in [6.45, 7) is 1.44. The van der Waals surface area contributed by atoms with Gasteiger partial charge >= 0.3 is 0 Å². The average molecular weight is 303 g/mol. The minimum Gasteiger partial charge on any atom is -0.478 e. The van der Waals surface area contributed by atoms with Crippen molar-refractivity contribution >= 4 is 11.8 Å². The number of ether oxygens (including phenoxy) is 1. The molecule has 0 fully saturated rings. The van der Waals surface area contributed by atoms with E-state index < -0.39 is 23.7 Å². The van der Waals surface area contributed by atoms with Crippen molar-refractivity contribution in [1.29, 1.82) is 0 Å². The van der Waals surface area contributed by atoms with Gasteiger partial charge in [0.05, 0.1) is 0 Å². The van der Waals surface area contributed by atoms with Crippen molar-refractivity contribution in [3.63, 3.8) is 0 Å². The number of hydrazine groups is 1. The molecule has 0 saturated carbocycles. The SMILES string of the molecule is C[C@H](Oc1ccccc1F)C(=O)NNC(=O)c1ccccn1. The zero-order chi connectivity index (χ0) is 15.9. The fraction of sp³-hybridized carbons (Fsp3) is 0.133. The number of aromatic nitrogens is 1. The third kappa shape index (κ3) is 4.02. The molecule has 2 rings (SSSR count). The lowest BCUT2D eigenvalue weighted by atomic mass is 10.3. The number of benzene rings is 1. The molecule has 0 spiro atoms. The Labute approximate surface area is 126 Å². The van der Waals surface area contributed by atoms with Crippen LogP contribution in [0.15, 0.2) is 48.7 Å². The van der Waals surface area contributed by atoms with Crippen LogP contribution in [-0.4, -0.2) is 22.9 Å². The average Bonchev–Trinajstić information content (AvgIpc) is 2.55. The van der Waals surface area contributed by atoms with Gasteiger partial charge < -0.3 is 4.74 Å². The summed E-state index contributed by atoms with van der Waals surface area (Å²) in [6.07, 6.45) is 0.474. The number of rotatable bonds is 4. The Balaban J connectivity index is 1.87. The number of halogens is 1. The second kappa shape index (κ2) is 7.16. The maximum atomic E-state index is 13.4. The Kier molecular flexibility index (Phi) is 5.02. The van der Waals surface area contributed by atoms with E-state index in [1.807, 2.05) is 0 Å². The summed E-state index contributed by atoms with van der Waals surface area (Å²) in [4.78, 5) is 27.3. The standard InChI is InChI=1S/C15H14FN3O3/c1-10(22-13-8-3-2-6-11(13)16)14(20)18-19-15(21)12-7-4-5-9-17-12/h2-10H,1H3,(H,18,20)(H,19,21)/t10-/m0/s1. The molecule has 114 valence electrons. The lowest BCUT2D eigenvalue weighted by Crippen LogP contribution is -2.47. The van der Waals surface area contributed by atoms with E-state index in [9.17, 15) is 14.0 Å². The van der Waals surface area contributed by atoms with Crippen LogP contribution in [0.25, 0.3) is 0 Å². The second-order valence-electron chi connectivity index (χ2n) is 4.35. The zero-order valence-electron chi connectivity index (χ0n) is 11.7. The van der Waals surface area contributed by atoms with Crippen LogP contribution >= 0.6 is 0 Å². The maximum Gasteiger partial charge on any atom is 0.288 e. The molecule has 7 heteroatoms. The number of pyridine rings is 1. The number of amides is 2. The van der Waals surface area contributed by atoms with Gasteiger partial charge in [-0.1, -0.05) is 18.2 Å². The minimum atomic E-state index is -0.985. The van der Waals surface area contributed by atoms with Gasteiger partial charge in [0.1, 0.15) is 5.69 Å². The number of nitrogens with zero attached hydrogens (tertiary/aromatic N) is 1. The normalized spacial score (nSPS) is 11.4. The summed E-state index contributed by atoms with van der Waals surface area (Å²) in [6, 6.07) is 10.5. The molecule has 0 aliphatic carbocycles. The summed E-state index contributed by atoms with van der Waals surface area (Å²) >= 11 is 0. The molecule has 22 heavy (non-hydrogen) atoms. The molecule has 1 atom stereocenters. The Hall–Kier alpha value is -2.96. The smallest absolute Gasteiger partial charge is 0.288 e. The lowest BCUT2D eigenvalue weighted by molar-refractivity contribution is -0.128. The highest BCUT2D eigenvalue weighted by Crippen LogP contribution is 2.16. The molecule has 0 aliphatic heterocycles. The number of carbonyl (C=O) groups is 2. The molecule has 0 bridgehead atoms. The molecule has 6 nitrogen and oxygen atoms in total. The fourth-order valence-electron chi connectivity index (χ4n) is 1.57. The third-order valence-electron chi connectivity index (χ3n) is 2.71. The molecule has 2 N–H and O–H groups in total. The van der Waals surface area contributed by atoms with Crippen LogP contribution in [0, 0.1) is 5.82 Å². The van der Waals surface area contributed by atoms with E-state index in [4.69, 9.17) is 4.74 Å². The zero-order valence-corrected chi connectivity index (χ0v) is 11.7. The van der Waals surface area contributed by atoms with Crippen molar-refractivity contribution < 1.29 is 18.7 Å². The molecule has 1 aromatic heterocycles. The van der Waals surface area contributed by atoms with Crippen LogP contribution in [0.5, 0.6) is 5.75 Å². The summed E-state index contributed by atoms with van der Waals surface area (Å²) < 4.78 is 18.6. The summed E-state index contributed by atoms with van der Waals surface area (Å²) in [5.41, 5.74) is 4.56. The summed E-state index contributed by atoms with van der Waals surface area (Å²) in [5, 5.41) is 0. The first-order valence-corrected chi connectivity index (χ1v) is 6.50. The highest BCUT2D eigenvalue weighted by molar-refractivity contribution is 5.94. The first-order valence-electron chi connectivity index (χ1n) is 6.50. The Bertz CT molecular complexity index is 664. The fourth-order valence-corrected chi connectivity index (χ4v) is 1.57. The highest BCUT2D eigenvalue weighted by atomic mass is 19.1. The quantitative estimate of drug-likeness (QED) is 0.838. The van der Waals surface area contributed by atoms with E-state index >= 15 is 0 Å². The van der Waals surface area contributed by atoms with Crippen molar-refractivity contribution in [2.24, 2.45) is 0 Å². The molecule has 1 aromatic carbocycles. The molecule has 0 radical (unpaired) electrons. The van der Waals surface area contributed by atoms with E-state index in [2.05, 4.69) is 15.8 Å². The molecule has 2 aromatic rings. The van der Waals surface area contributed by atoms with Gasteiger partial charge in [-0.3, -0.25) is 25.4 Å². The highest BCUT2D eigenvalue weighted by Gasteiger charge is 2.17. The molecule has 2 amide bonds. The lowest BCUT2D eigenvalue weighted by Gasteiger charge is -2.15. The molecular weight excluding hydrogens is 289 g/mol. The van der Waals surface area contributed by atoms with E-state index in [0.717, 1.165) is 0 Å². The van der Waals surface area contributed by atoms with Crippen LogP contribution in [0.1, 0.15) is 17.4 Å². The first-order chi connectivity index (χ1) is 10.6. The molecule has 1 heterocycles. The van der Waals surface area contributed by atoms with Gasteiger partial charge in [0.15, 0.2) is 17.7 Å². The topological polar surface area (TPSA) is 80.3 Å². The van der Waals surface area contributed by atoms with E-state index in [1.165, 1.54) is 37.4 Å². The Morgan fingerprint density at radius 2 is 1.86 bits per heavy atom. The van der Waals surface area contributed by atoms with E-state index in [0.29, 0.717) is 0 Å². The number of para-hydroxylation sites is 1. The van der Waals surface area contributed by atoms with E-state index in [-0.39, 0.29) is 11.4 Å². The second-order valence-corrected chi connectivity index (χ2v) is 4.35. The van der Waals surface area contributed by atoms with Gasteiger partial charge in [0.2, 0.25) is 0 Å². The van der Waals surface area contributed by atoms with Crippen LogP contribution in [0.2, 0.25) is 0 Å². The predicted molar refractivity (Wildman–Crippen MR) is 76.3 cm³/mol. The minimum absolute atomic E-state index is 0.0406. The van der Waals surface area contributed by atoms with Gasteiger partial charge in [-0.25, -0.2) is 4.39 Å². The predicted octanol–water partition coefficient (Wildman–Crippen LogP) is 1.45. The first kappa shape index (κ1) is 15.4. The third-order valence-corrected chi connectivity index (χ3v) is 2.71. The number of nitrogens with one attached hydrogen (secondary N) is 2. The molecular formula is C15H14FN3O3. The van der Waals surface area contributed by atoms with Crippen LogP contribution < -0.4 is 15.6 Å². The van der Waals surface area contributed by atoms with Crippen molar-refractivity contribution in [2.45, 2.75) is 13.0 Å². The van der Waals surface area contributed by atoms with Crippen LogP contribution in [-0.2, 0) is 4.79 Å². The maximum absolute atomic E-state index is 13.4. The van der Waals surface area contributed by atoms with Crippen molar-refractivity contribution in [2.75, 3.05) is 0 Å². The number of hydrogen-bond donors (Lipinski definition) is 2. The largest absolute Gasteiger partial charge is 0.478 e. The van der Waals surface area contributed by atoms with Crippen LogP contribution in [0.3, 0.4) is 0 Å².